The molecule has 0 bridgehead atoms. The first kappa shape index (κ1) is 55.8. The number of hydrogen-bond donors (Lipinski definition) is 1. The Morgan fingerprint density at radius 2 is 1.24 bits per heavy atom. The van der Waals surface area contributed by atoms with Crippen LogP contribution in [0.3, 0.4) is 0 Å². The van der Waals surface area contributed by atoms with Crippen LogP contribution >= 0.6 is 0 Å². The minimum Gasteiger partial charge on any atom is -0.469 e. The minimum atomic E-state index is -0.660. The fraction of sp³-hybridized carbons (Fsp3) is 0.709. The van der Waals surface area contributed by atoms with Crippen LogP contribution in [0.25, 0.3) is 10.8 Å². The van der Waals surface area contributed by atoms with Gasteiger partial charge in [0.1, 0.15) is 17.3 Å². The summed E-state index contributed by atoms with van der Waals surface area (Å²) < 4.78 is 5.03. The highest BCUT2D eigenvalue weighted by Gasteiger charge is 2.31. The van der Waals surface area contributed by atoms with E-state index in [1.807, 2.05) is 25.1 Å². The summed E-state index contributed by atoms with van der Waals surface area (Å²) >= 11 is 0. The molecule has 2 fully saturated rings. The number of methoxy groups -OCH3 is 1. The zero-order valence-electron chi connectivity index (χ0n) is 42.4. The number of ether oxygens (including phenoxy) is 1. The monoisotopic (exact) mass is 930 g/mol. The van der Waals surface area contributed by atoms with Crippen LogP contribution in [0.15, 0.2) is 42.5 Å². The summed E-state index contributed by atoms with van der Waals surface area (Å²) in [7, 11) is 1.33. The van der Waals surface area contributed by atoms with E-state index in [9.17, 15) is 28.8 Å². The van der Waals surface area contributed by atoms with E-state index < -0.39 is 17.9 Å². The standard InChI is InChI=1S/C55H87N5O7/c1-7-16-47(42(5)61)39-51(63)40-49(55(66)67-6)19-12-11-13-20-53(64)52(38-44-23-25-45-17-14-15-18-48(45)37-44)56-54(65)46-26-21-43(22-27-46)24-28-50(62)41-60-35-33-58(9-3)31-29-57(8-2)30-32-59(10-4)34-36-60/h14-15,17-18,23,25,37,43,46-47,49,52H,7-13,16,19-22,24,26-36,38-41H2,1-6H3,(H,56,65)/t43?,46?,47-,49-,52+/m1/s1. The average Bonchev–Trinajstić information content (AvgIpc) is 3.33. The number of benzene rings is 2. The van der Waals surface area contributed by atoms with Crippen LogP contribution in [0.2, 0.25) is 0 Å². The van der Waals surface area contributed by atoms with Gasteiger partial charge in [0.15, 0.2) is 5.78 Å². The molecular weight excluding hydrogens is 843 g/mol. The molecule has 3 atom stereocenters. The fourth-order valence-electron chi connectivity index (χ4n) is 10.2. The summed E-state index contributed by atoms with van der Waals surface area (Å²) in [5.74, 6) is -0.940. The second-order valence-corrected chi connectivity index (χ2v) is 19.6. The highest BCUT2D eigenvalue weighted by Crippen LogP contribution is 2.32. The van der Waals surface area contributed by atoms with Gasteiger partial charge < -0.3 is 24.8 Å². The Morgan fingerprint density at radius 3 is 1.81 bits per heavy atom. The number of ketones is 4. The lowest BCUT2D eigenvalue weighted by Crippen LogP contribution is -2.46. The summed E-state index contributed by atoms with van der Waals surface area (Å²) in [6, 6.07) is 13.7. The predicted molar refractivity (Wildman–Crippen MR) is 269 cm³/mol. The van der Waals surface area contributed by atoms with Crippen LogP contribution in [0.5, 0.6) is 0 Å². The van der Waals surface area contributed by atoms with Gasteiger partial charge in [0, 0.05) is 89.9 Å². The molecule has 2 aliphatic rings. The van der Waals surface area contributed by atoms with Crippen molar-refractivity contribution in [2.75, 3.05) is 85.6 Å². The minimum absolute atomic E-state index is 0.00133. The first-order valence-corrected chi connectivity index (χ1v) is 26.2. The molecule has 1 N–H and O–H groups in total. The van der Waals surface area contributed by atoms with Crippen molar-refractivity contribution in [2.24, 2.45) is 23.7 Å². The Labute approximate surface area is 403 Å². The van der Waals surface area contributed by atoms with Gasteiger partial charge in [0.25, 0.3) is 0 Å². The molecule has 0 radical (unpaired) electrons. The maximum Gasteiger partial charge on any atom is 0.309 e. The molecule has 1 aliphatic carbocycles. The van der Waals surface area contributed by atoms with Gasteiger partial charge in [-0.25, -0.2) is 0 Å². The van der Waals surface area contributed by atoms with Gasteiger partial charge in [-0.2, -0.15) is 0 Å². The fourth-order valence-corrected chi connectivity index (χ4v) is 10.2. The number of nitrogens with zero attached hydrogens (tertiary/aromatic N) is 4. The zero-order chi connectivity index (χ0) is 48.6. The van der Waals surface area contributed by atoms with E-state index in [-0.39, 0.29) is 47.9 Å². The summed E-state index contributed by atoms with van der Waals surface area (Å²) in [6.45, 7) is 21.8. The van der Waals surface area contributed by atoms with Crippen molar-refractivity contribution in [1.29, 1.82) is 0 Å². The Morgan fingerprint density at radius 1 is 0.657 bits per heavy atom. The van der Waals surface area contributed by atoms with E-state index in [0.29, 0.717) is 69.6 Å². The molecule has 2 aromatic carbocycles. The third kappa shape index (κ3) is 20.0. The molecule has 12 heteroatoms. The highest BCUT2D eigenvalue weighted by atomic mass is 16.5. The Kier molecular flexibility index (Phi) is 25.5. The van der Waals surface area contributed by atoms with Crippen molar-refractivity contribution in [3.8, 4) is 0 Å². The van der Waals surface area contributed by atoms with E-state index >= 15 is 0 Å². The van der Waals surface area contributed by atoms with Crippen molar-refractivity contribution in [3.05, 3.63) is 48.0 Å². The lowest BCUT2D eigenvalue weighted by Gasteiger charge is -2.33. The van der Waals surface area contributed by atoms with Crippen LogP contribution in [-0.2, 0) is 39.9 Å². The van der Waals surface area contributed by atoms with Crippen LogP contribution in [0.4, 0.5) is 0 Å². The van der Waals surface area contributed by atoms with Gasteiger partial charge in [-0.15, -0.1) is 0 Å². The quantitative estimate of drug-likeness (QED) is 0.0691. The molecule has 374 valence electrons. The van der Waals surface area contributed by atoms with Gasteiger partial charge in [-0.1, -0.05) is 89.4 Å². The third-order valence-corrected chi connectivity index (χ3v) is 14.8. The summed E-state index contributed by atoms with van der Waals surface area (Å²) in [6.07, 6.45) is 9.48. The maximum atomic E-state index is 14.0. The molecular formula is C55H87N5O7. The Hall–Kier alpha value is -3.84. The van der Waals surface area contributed by atoms with E-state index in [4.69, 9.17) is 4.74 Å². The number of Topliss-reactive ketones (excluding diaryl/α,β-unsaturated/α-hetero) is 4. The largest absolute Gasteiger partial charge is 0.469 e. The van der Waals surface area contributed by atoms with Crippen molar-refractivity contribution in [3.63, 3.8) is 0 Å². The van der Waals surface area contributed by atoms with E-state index in [1.54, 1.807) is 0 Å². The average molecular weight is 930 g/mol. The molecule has 4 rings (SSSR count). The van der Waals surface area contributed by atoms with Crippen molar-refractivity contribution >= 4 is 45.8 Å². The zero-order valence-corrected chi connectivity index (χ0v) is 42.4. The molecule has 1 heterocycles. The number of unbranched alkanes of at least 4 members (excludes halogenated alkanes) is 2. The number of rotatable bonds is 27. The summed E-state index contributed by atoms with van der Waals surface area (Å²) in [5, 5.41) is 5.40. The normalized spacial score (nSPS) is 20.0. The molecule has 0 unspecified atom stereocenters. The van der Waals surface area contributed by atoms with Crippen LogP contribution in [0.1, 0.15) is 136 Å². The summed E-state index contributed by atoms with van der Waals surface area (Å²) in [5.41, 5.74) is 0.990. The molecule has 2 aromatic rings. The number of fused-ring (bicyclic) bond motifs is 1. The Balaban J connectivity index is 1.28. The van der Waals surface area contributed by atoms with Gasteiger partial charge >= 0.3 is 5.97 Å². The molecule has 12 nitrogen and oxygen atoms in total. The summed E-state index contributed by atoms with van der Waals surface area (Å²) in [4.78, 5) is 88.9. The third-order valence-electron chi connectivity index (χ3n) is 14.8. The smallest absolute Gasteiger partial charge is 0.309 e. The van der Waals surface area contributed by atoms with Crippen LogP contribution in [-0.4, -0.2) is 146 Å². The molecule has 1 aliphatic heterocycles. The first-order chi connectivity index (χ1) is 32.3. The van der Waals surface area contributed by atoms with Crippen molar-refractivity contribution < 1.29 is 33.5 Å². The van der Waals surface area contributed by atoms with E-state index in [1.165, 1.54) is 14.0 Å². The van der Waals surface area contributed by atoms with Crippen LogP contribution < -0.4 is 5.32 Å². The lowest BCUT2D eigenvalue weighted by atomic mass is 9.79. The van der Waals surface area contributed by atoms with Gasteiger partial charge in [0.05, 0.1) is 25.6 Å². The highest BCUT2D eigenvalue weighted by molar-refractivity contribution is 5.91. The molecule has 1 amide bonds. The van der Waals surface area contributed by atoms with Crippen molar-refractivity contribution in [2.45, 2.75) is 143 Å². The van der Waals surface area contributed by atoms with Gasteiger partial charge in [-0.05, 0) is 107 Å². The van der Waals surface area contributed by atoms with E-state index in [0.717, 1.165) is 127 Å². The number of amides is 1. The first-order valence-electron chi connectivity index (χ1n) is 26.2. The number of hydrogen-bond acceptors (Lipinski definition) is 11. The molecule has 0 spiro atoms. The lowest BCUT2D eigenvalue weighted by molar-refractivity contribution is -0.147. The van der Waals surface area contributed by atoms with Crippen molar-refractivity contribution in [1.82, 2.24) is 24.9 Å². The molecule has 0 aromatic heterocycles. The molecule has 1 saturated heterocycles. The van der Waals surface area contributed by atoms with Crippen LogP contribution in [0, 0.1) is 23.7 Å². The second kappa shape index (κ2) is 30.6. The number of likely N-dealkylation sites (N-methyl/N-ethyl adjacent to an activating group) is 3. The van der Waals surface area contributed by atoms with Gasteiger partial charge in [0.2, 0.25) is 5.91 Å². The molecule has 1 saturated carbocycles. The number of esters is 1. The van der Waals surface area contributed by atoms with Gasteiger partial charge in [-0.3, -0.25) is 33.7 Å². The topological polar surface area (TPSA) is 137 Å². The number of nitrogens with one attached hydrogen (secondary N) is 1. The number of carbonyl (C=O) groups excluding carboxylic acids is 6. The maximum absolute atomic E-state index is 14.0. The Bertz CT molecular complexity index is 1830. The number of carbonyl (C=O) groups is 6. The molecule has 67 heavy (non-hydrogen) atoms. The predicted octanol–water partition coefficient (Wildman–Crippen LogP) is 7.97. The SMILES string of the molecule is CCC[C@H](CC(=O)C[C@@H](CCCCCC(=O)[C@H](Cc1ccc2ccccc2c1)NC(=O)C1CCC(CCC(=O)CN2CCN(CC)CCN(CC)CCN(CC)CC2)CC1)C(=O)OC)C(C)=O. The van der Waals surface area contributed by atoms with E-state index in [2.05, 4.69) is 70.0 Å². The second-order valence-electron chi connectivity index (χ2n) is 19.6.